The summed E-state index contributed by atoms with van der Waals surface area (Å²) in [6, 6.07) is 20.4. The summed E-state index contributed by atoms with van der Waals surface area (Å²) in [4.78, 5) is 10.8. The van der Waals surface area contributed by atoms with Gasteiger partial charge in [-0.1, -0.05) is 60.7 Å². The molecule has 1 aromatic heterocycles. The van der Waals surface area contributed by atoms with Crippen molar-refractivity contribution in [2.24, 2.45) is 0 Å². The molecule has 1 heterocycles. The quantitative estimate of drug-likeness (QED) is 0.723. The van der Waals surface area contributed by atoms with Gasteiger partial charge in [0, 0.05) is 12.3 Å². The Bertz CT molecular complexity index is 748. The zero-order chi connectivity index (χ0) is 16.8. The number of nitrogens with zero attached hydrogens (tertiary/aromatic N) is 4. The number of carbonyl (C=O) groups is 1. The lowest BCUT2D eigenvalue weighted by Crippen LogP contribution is -2.13. The molecular weight excluding hydrogens is 304 g/mol. The highest BCUT2D eigenvalue weighted by atomic mass is 16.4. The van der Waals surface area contributed by atoms with Crippen LogP contribution in [-0.2, 0) is 17.8 Å². The van der Waals surface area contributed by atoms with Crippen molar-refractivity contribution >= 4 is 5.97 Å². The summed E-state index contributed by atoms with van der Waals surface area (Å²) >= 11 is 0. The Balaban J connectivity index is 1.88. The van der Waals surface area contributed by atoms with Gasteiger partial charge in [0.25, 0.3) is 0 Å². The van der Waals surface area contributed by atoms with Crippen LogP contribution < -0.4 is 0 Å². The molecular formula is C18H18N4O2. The van der Waals surface area contributed by atoms with E-state index >= 15 is 0 Å². The zero-order valence-electron chi connectivity index (χ0n) is 13.1. The Labute approximate surface area is 139 Å². The number of benzene rings is 2. The minimum Gasteiger partial charge on any atom is -0.481 e. The van der Waals surface area contributed by atoms with Crippen LogP contribution in [0.25, 0.3) is 0 Å². The first-order valence-corrected chi connectivity index (χ1v) is 7.81. The van der Waals surface area contributed by atoms with Crippen molar-refractivity contribution in [3.05, 3.63) is 77.6 Å². The molecule has 122 valence electrons. The maximum atomic E-state index is 10.8. The normalized spacial score (nSPS) is 10.9. The van der Waals surface area contributed by atoms with Gasteiger partial charge in [-0.3, -0.25) is 4.79 Å². The molecule has 3 aromatic rings. The van der Waals surface area contributed by atoms with Crippen molar-refractivity contribution in [2.45, 2.75) is 25.3 Å². The monoisotopic (exact) mass is 322 g/mol. The third-order valence-electron chi connectivity index (χ3n) is 3.93. The van der Waals surface area contributed by atoms with Crippen LogP contribution in [0.15, 0.2) is 60.7 Å². The third kappa shape index (κ3) is 3.84. The van der Waals surface area contributed by atoms with Gasteiger partial charge in [0.2, 0.25) is 0 Å². The highest BCUT2D eigenvalue weighted by Crippen LogP contribution is 2.27. The summed E-state index contributed by atoms with van der Waals surface area (Å²) < 4.78 is 1.58. The maximum absolute atomic E-state index is 10.8. The molecule has 0 aliphatic rings. The second-order valence-corrected chi connectivity index (χ2v) is 5.54. The van der Waals surface area contributed by atoms with E-state index in [-0.39, 0.29) is 18.9 Å². The molecule has 0 bridgehead atoms. The summed E-state index contributed by atoms with van der Waals surface area (Å²) in [6.07, 6.45) is 0.611. The fourth-order valence-corrected chi connectivity index (χ4v) is 2.73. The van der Waals surface area contributed by atoms with Gasteiger partial charge in [0.05, 0.1) is 13.0 Å². The molecule has 2 aromatic carbocycles. The van der Waals surface area contributed by atoms with E-state index in [0.717, 1.165) is 0 Å². The van der Waals surface area contributed by atoms with E-state index in [4.69, 9.17) is 5.11 Å². The zero-order valence-corrected chi connectivity index (χ0v) is 13.1. The second-order valence-electron chi connectivity index (χ2n) is 5.54. The number of tetrazole rings is 1. The average molecular weight is 322 g/mol. The lowest BCUT2D eigenvalue weighted by Gasteiger charge is -2.17. The Kier molecular flexibility index (Phi) is 4.96. The summed E-state index contributed by atoms with van der Waals surface area (Å²) in [7, 11) is 0. The van der Waals surface area contributed by atoms with Crippen LogP contribution in [0.5, 0.6) is 0 Å². The Morgan fingerprint density at radius 2 is 1.58 bits per heavy atom. The number of hydrogen-bond donors (Lipinski definition) is 1. The van der Waals surface area contributed by atoms with Gasteiger partial charge < -0.3 is 5.11 Å². The molecule has 0 saturated heterocycles. The summed E-state index contributed by atoms with van der Waals surface area (Å²) in [6.45, 7) is 0.272. The molecule has 0 unspecified atom stereocenters. The number of hydrogen-bond acceptors (Lipinski definition) is 4. The predicted molar refractivity (Wildman–Crippen MR) is 88.5 cm³/mol. The Morgan fingerprint density at radius 1 is 1.00 bits per heavy atom. The smallest absolute Gasteiger partial charge is 0.305 e. The first-order chi connectivity index (χ1) is 11.7. The summed E-state index contributed by atoms with van der Waals surface area (Å²) in [5, 5.41) is 20.6. The van der Waals surface area contributed by atoms with Crippen LogP contribution in [0.1, 0.15) is 29.3 Å². The number of aryl methyl sites for hydroxylation is 1. The number of aliphatic carboxylic acids is 1. The van der Waals surface area contributed by atoms with E-state index in [1.54, 1.807) is 4.68 Å². The van der Waals surface area contributed by atoms with E-state index < -0.39 is 5.97 Å². The molecule has 0 aliphatic carbocycles. The highest BCUT2D eigenvalue weighted by molar-refractivity contribution is 5.66. The first kappa shape index (κ1) is 15.9. The van der Waals surface area contributed by atoms with Crippen LogP contribution in [0.3, 0.4) is 0 Å². The molecule has 6 heteroatoms. The van der Waals surface area contributed by atoms with Crippen LogP contribution >= 0.6 is 0 Å². The van der Waals surface area contributed by atoms with Gasteiger partial charge in [0.15, 0.2) is 5.82 Å². The van der Waals surface area contributed by atoms with E-state index in [9.17, 15) is 4.79 Å². The maximum Gasteiger partial charge on any atom is 0.305 e. The molecule has 3 rings (SSSR count). The fraction of sp³-hybridized carbons (Fsp3) is 0.222. The van der Waals surface area contributed by atoms with Crippen LogP contribution in [0, 0.1) is 0 Å². The van der Waals surface area contributed by atoms with Crippen molar-refractivity contribution in [3.63, 3.8) is 0 Å². The van der Waals surface area contributed by atoms with Crippen molar-refractivity contribution in [2.75, 3.05) is 0 Å². The van der Waals surface area contributed by atoms with Gasteiger partial charge >= 0.3 is 5.97 Å². The molecule has 0 saturated carbocycles. The molecule has 0 fully saturated rings. The first-order valence-electron chi connectivity index (χ1n) is 7.81. The van der Waals surface area contributed by atoms with Gasteiger partial charge in [-0.05, 0) is 21.6 Å². The third-order valence-corrected chi connectivity index (χ3v) is 3.93. The van der Waals surface area contributed by atoms with Gasteiger partial charge in [-0.2, -0.15) is 0 Å². The molecule has 0 amide bonds. The molecule has 0 radical (unpaired) electrons. The molecule has 0 aliphatic heterocycles. The molecule has 24 heavy (non-hydrogen) atoms. The average Bonchev–Trinajstić information content (AvgIpc) is 3.06. The summed E-state index contributed by atoms with van der Waals surface area (Å²) in [5.41, 5.74) is 2.35. The minimum absolute atomic E-state index is 0.000614. The number of carboxylic acids is 1. The number of carboxylic acid groups (broad SMARTS) is 1. The number of rotatable bonds is 7. The molecule has 0 spiro atoms. The van der Waals surface area contributed by atoms with Crippen LogP contribution in [-0.4, -0.2) is 31.3 Å². The van der Waals surface area contributed by atoms with E-state index in [0.29, 0.717) is 12.2 Å². The second kappa shape index (κ2) is 7.50. The van der Waals surface area contributed by atoms with Crippen LogP contribution in [0.4, 0.5) is 0 Å². The SMILES string of the molecule is O=C(O)CCn1nnnc1CC(c1ccccc1)c1ccccc1. The summed E-state index contributed by atoms with van der Waals surface area (Å²) in [5.74, 6) is -0.0601. The van der Waals surface area contributed by atoms with Gasteiger partial charge in [-0.25, -0.2) is 4.68 Å². The van der Waals surface area contributed by atoms with Gasteiger partial charge in [0.1, 0.15) is 0 Å². The van der Waals surface area contributed by atoms with E-state index in [1.807, 2.05) is 36.4 Å². The van der Waals surface area contributed by atoms with Crippen molar-refractivity contribution in [3.8, 4) is 0 Å². The topological polar surface area (TPSA) is 80.9 Å². The minimum atomic E-state index is -0.862. The van der Waals surface area contributed by atoms with Crippen molar-refractivity contribution < 1.29 is 9.90 Å². The lowest BCUT2D eigenvalue weighted by atomic mass is 9.88. The lowest BCUT2D eigenvalue weighted by molar-refractivity contribution is -0.137. The molecule has 0 atom stereocenters. The van der Waals surface area contributed by atoms with Crippen molar-refractivity contribution in [1.82, 2.24) is 20.2 Å². The largest absolute Gasteiger partial charge is 0.481 e. The Morgan fingerprint density at radius 3 is 2.12 bits per heavy atom. The van der Waals surface area contributed by atoms with Crippen LogP contribution in [0.2, 0.25) is 0 Å². The molecule has 1 N–H and O–H groups in total. The highest BCUT2D eigenvalue weighted by Gasteiger charge is 2.18. The van der Waals surface area contributed by atoms with Gasteiger partial charge in [-0.15, -0.1) is 5.10 Å². The number of aromatic nitrogens is 4. The predicted octanol–water partition coefficient (Wildman–Crippen LogP) is 2.52. The molecule has 6 nitrogen and oxygen atoms in total. The Hall–Kier alpha value is -3.02. The standard InChI is InChI=1S/C18H18N4O2/c23-18(24)11-12-22-17(19-20-21-22)13-16(14-7-3-1-4-8-14)15-9-5-2-6-10-15/h1-10,16H,11-13H2,(H,23,24). The fourth-order valence-electron chi connectivity index (χ4n) is 2.73. The van der Waals surface area contributed by atoms with E-state index in [1.165, 1.54) is 11.1 Å². The van der Waals surface area contributed by atoms with E-state index in [2.05, 4.69) is 39.8 Å². The van der Waals surface area contributed by atoms with Crippen molar-refractivity contribution in [1.29, 1.82) is 0 Å².